The van der Waals surface area contributed by atoms with Gasteiger partial charge in [-0.05, 0) is 80.0 Å². The fourth-order valence-corrected chi connectivity index (χ4v) is 5.85. The number of benzene rings is 3. The van der Waals surface area contributed by atoms with Gasteiger partial charge in [0.25, 0.3) is 17.7 Å². The highest BCUT2D eigenvalue weighted by Crippen LogP contribution is 2.44. The molecule has 5 aromatic rings. The second-order valence-electron chi connectivity index (χ2n) is 11.9. The summed E-state index contributed by atoms with van der Waals surface area (Å²) >= 11 is 0. The zero-order valence-electron chi connectivity index (χ0n) is 25.3. The molecule has 246 valence electrons. The summed E-state index contributed by atoms with van der Waals surface area (Å²) in [5.74, 6) is -6.50. The van der Waals surface area contributed by atoms with E-state index >= 15 is 0 Å². The van der Waals surface area contributed by atoms with Gasteiger partial charge in [0, 0.05) is 37.2 Å². The second-order valence-corrected chi connectivity index (χ2v) is 11.9. The van der Waals surface area contributed by atoms with E-state index in [2.05, 4.69) is 15.3 Å². The minimum absolute atomic E-state index is 0.0922. The number of rotatable bonds is 9. The lowest BCUT2D eigenvalue weighted by molar-refractivity contribution is -0.297. The van der Waals surface area contributed by atoms with E-state index in [1.165, 1.54) is 17.0 Å². The largest absolute Gasteiger partial charge is 0.463 e. The maximum absolute atomic E-state index is 13.7. The average Bonchev–Trinajstić information content (AvgIpc) is 3.70. The van der Waals surface area contributed by atoms with Crippen molar-refractivity contribution in [3.8, 4) is 0 Å². The summed E-state index contributed by atoms with van der Waals surface area (Å²) in [5, 5.41) is 2.92. The Bertz CT molecular complexity index is 1900. The number of aromatic nitrogens is 2. The summed E-state index contributed by atoms with van der Waals surface area (Å²) < 4.78 is 76.3. The Morgan fingerprint density at radius 2 is 1.49 bits per heavy atom. The van der Waals surface area contributed by atoms with E-state index < -0.39 is 23.9 Å². The second kappa shape index (κ2) is 12.8. The number of amides is 2. The minimum atomic E-state index is -5.86. The summed E-state index contributed by atoms with van der Waals surface area (Å²) in [4.78, 5) is 35.1. The van der Waals surface area contributed by atoms with Crippen molar-refractivity contribution in [2.24, 2.45) is 5.92 Å². The molecule has 1 N–H and O–H groups in total. The number of halogens is 5. The normalized spacial score (nSPS) is 17.2. The van der Waals surface area contributed by atoms with E-state index in [-0.39, 0.29) is 28.5 Å². The van der Waals surface area contributed by atoms with Gasteiger partial charge in [-0.15, -0.1) is 0 Å². The van der Waals surface area contributed by atoms with Crippen molar-refractivity contribution in [2.75, 3.05) is 13.6 Å². The predicted molar refractivity (Wildman–Crippen MR) is 162 cm³/mol. The third kappa shape index (κ3) is 6.84. The SMILES string of the molecule is CN(CCC1CCC(c2nc3ccc(C(=O)NCc4ccccc4)cc3o2)CC1)C(=O)c1ccc2nc(C(F)(F)C(F)(F)F)oc2c1. The number of fused-ring (bicyclic) bond motifs is 2. The monoisotopic (exact) mass is 654 g/mol. The summed E-state index contributed by atoms with van der Waals surface area (Å²) in [5.41, 5.74) is 2.30. The quantitative estimate of drug-likeness (QED) is 0.162. The van der Waals surface area contributed by atoms with E-state index in [1.54, 1.807) is 25.2 Å². The Morgan fingerprint density at radius 1 is 0.851 bits per heavy atom. The molecule has 8 nitrogen and oxygen atoms in total. The number of alkyl halides is 5. The molecular formula is C34H31F5N4O4. The van der Waals surface area contributed by atoms with Crippen molar-refractivity contribution in [1.82, 2.24) is 20.2 Å². The molecule has 2 aromatic heterocycles. The highest BCUT2D eigenvalue weighted by Gasteiger charge is 2.62. The van der Waals surface area contributed by atoms with Crippen molar-refractivity contribution in [2.45, 2.75) is 56.7 Å². The van der Waals surface area contributed by atoms with Gasteiger partial charge < -0.3 is 19.1 Å². The van der Waals surface area contributed by atoms with Gasteiger partial charge in [0.05, 0.1) is 0 Å². The van der Waals surface area contributed by atoms with Gasteiger partial charge in [0.15, 0.2) is 17.1 Å². The van der Waals surface area contributed by atoms with Crippen LogP contribution in [0.25, 0.3) is 22.2 Å². The Kier molecular flexibility index (Phi) is 8.73. The number of hydrogen-bond donors (Lipinski definition) is 1. The van der Waals surface area contributed by atoms with Gasteiger partial charge >= 0.3 is 12.1 Å². The molecule has 2 heterocycles. The molecule has 47 heavy (non-hydrogen) atoms. The molecule has 13 heteroatoms. The molecule has 0 spiro atoms. The molecule has 1 aliphatic rings. The highest BCUT2D eigenvalue weighted by atomic mass is 19.4. The molecule has 0 unspecified atom stereocenters. The maximum atomic E-state index is 13.7. The summed E-state index contributed by atoms with van der Waals surface area (Å²) in [7, 11) is 1.61. The van der Waals surface area contributed by atoms with Crippen LogP contribution in [0.15, 0.2) is 75.6 Å². The number of oxazole rings is 2. The van der Waals surface area contributed by atoms with Crippen LogP contribution in [0.4, 0.5) is 22.0 Å². The van der Waals surface area contributed by atoms with Crippen LogP contribution in [-0.4, -0.2) is 46.5 Å². The first-order chi connectivity index (χ1) is 22.4. The number of nitrogens with zero attached hydrogens (tertiary/aromatic N) is 3. The smallest absolute Gasteiger partial charge is 0.440 e. The number of nitrogens with one attached hydrogen (secondary N) is 1. The topological polar surface area (TPSA) is 101 Å². The van der Waals surface area contributed by atoms with Crippen LogP contribution in [0.5, 0.6) is 0 Å². The zero-order valence-corrected chi connectivity index (χ0v) is 25.3. The van der Waals surface area contributed by atoms with Crippen LogP contribution in [0, 0.1) is 5.92 Å². The van der Waals surface area contributed by atoms with E-state index in [1.807, 2.05) is 30.3 Å². The van der Waals surface area contributed by atoms with Crippen LogP contribution in [0.2, 0.25) is 0 Å². The van der Waals surface area contributed by atoms with E-state index in [0.717, 1.165) is 43.7 Å². The van der Waals surface area contributed by atoms with Crippen molar-refractivity contribution in [1.29, 1.82) is 0 Å². The molecular weight excluding hydrogens is 623 g/mol. The molecule has 3 aromatic carbocycles. The van der Waals surface area contributed by atoms with Crippen LogP contribution < -0.4 is 5.32 Å². The lowest BCUT2D eigenvalue weighted by Crippen LogP contribution is -2.33. The molecule has 2 amide bonds. The van der Waals surface area contributed by atoms with E-state index in [9.17, 15) is 31.5 Å². The summed E-state index contributed by atoms with van der Waals surface area (Å²) in [6.45, 7) is 0.849. The highest BCUT2D eigenvalue weighted by molar-refractivity contribution is 5.97. The average molecular weight is 655 g/mol. The number of carbonyl (C=O) groups excluding carboxylic acids is 2. The van der Waals surface area contributed by atoms with Gasteiger partial charge in [0.1, 0.15) is 11.0 Å². The molecule has 0 atom stereocenters. The molecule has 6 rings (SSSR count). The maximum Gasteiger partial charge on any atom is 0.463 e. The first kappa shape index (κ1) is 32.1. The van der Waals surface area contributed by atoms with E-state index in [4.69, 9.17) is 8.83 Å². The fourth-order valence-electron chi connectivity index (χ4n) is 5.85. The van der Waals surface area contributed by atoms with Gasteiger partial charge in [-0.2, -0.15) is 22.0 Å². The van der Waals surface area contributed by atoms with Crippen LogP contribution in [-0.2, 0) is 12.5 Å². The van der Waals surface area contributed by atoms with Crippen LogP contribution >= 0.6 is 0 Å². The zero-order chi connectivity index (χ0) is 33.3. The molecule has 0 bridgehead atoms. The number of hydrogen-bond acceptors (Lipinski definition) is 6. The summed E-state index contributed by atoms with van der Waals surface area (Å²) in [6, 6.07) is 18.5. The van der Waals surface area contributed by atoms with Crippen molar-refractivity contribution in [3.05, 3.63) is 95.2 Å². The fraction of sp³-hybridized carbons (Fsp3) is 0.353. The molecule has 0 radical (unpaired) electrons. The third-order valence-electron chi connectivity index (χ3n) is 8.64. The molecule has 1 saturated carbocycles. The lowest BCUT2D eigenvalue weighted by Gasteiger charge is -2.28. The standard InChI is InChI=1S/C34H31F5N4O4/c1-43(31(45)24-12-14-26-28(18-24)47-32(42-26)33(35,36)34(37,38)39)16-15-20-7-9-22(10-8-20)30-41-25-13-11-23(17-27(25)46-30)29(44)40-19-21-5-3-2-4-6-21/h2-6,11-14,17-18,20,22H,7-10,15-16,19H2,1H3,(H,40,44). The number of carbonyl (C=O) groups is 2. The first-order valence-electron chi connectivity index (χ1n) is 15.2. The van der Waals surface area contributed by atoms with Crippen molar-refractivity contribution in [3.63, 3.8) is 0 Å². The van der Waals surface area contributed by atoms with Gasteiger partial charge in [-0.25, -0.2) is 9.97 Å². The van der Waals surface area contributed by atoms with Crippen LogP contribution in [0.1, 0.15) is 76.1 Å². The van der Waals surface area contributed by atoms with E-state index in [0.29, 0.717) is 41.6 Å². The van der Waals surface area contributed by atoms with Gasteiger partial charge in [-0.3, -0.25) is 9.59 Å². The van der Waals surface area contributed by atoms with Crippen molar-refractivity contribution >= 4 is 34.0 Å². The predicted octanol–water partition coefficient (Wildman–Crippen LogP) is 7.99. The Labute approximate surface area is 266 Å². The lowest BCUT2D eigenvalue weighted by atomic mass is 9.80. The Balaban J connectivity index is 1.00. The van der Waals surface area contributed by atoms with Crippen LogP contribution in [0.3, 0.4) is 0 Å². The summed E-state index contributed by atoms with van der Waals surface area (Å²) in [6.07, 6.45) is -1.62. The molecule has 0 aliphatic heterocycles. The Morgan fingerprint density at radius 3 is 2.19 bits per heavy atom. The minimum Gasteiger partial charge on any atom is -0.440 e. The van der Waals surface area contributed by atoms with Gasteiger partial charge in [-0.1, -0.05) is 30.3 Å². The Hall–Kier alpha value is -4.81. The molecule has 0 saturated heterocycles. The first-order valence-corrected chi connectivity index (χ1v) is 15.2. The third-order valence-corrected chi connectivity index (χ3v) is 8.64. The molecule has 1 aliphatic carbocycles. The van der Waals surface area contributed by atoms with Gasteiger partial charge in [0.2, 0.25) is 0 Å². The van der Waals surface area contributed by atoms with Crippen molar-refractivity contribution < 1.29 is 40.4 Å². The molecule has 1 fully saturated rings.